The summed E-state index contributed by atoms with van der Waals surface area (Å²) in [6, 6.07) is 18.5. The number of aryl methyl sites for hydroxylation is 1. The van der Waals surface area contributed by atoms with E-state index in [4.69, 9.17) is 4.74 Å². The largest absolute Gasteiger partial charge is 0.373 e. The Hall–Kier alpha value is -2.17. The van der Waals surface area contributed by atoms with E-state index in [0.717, 1.165) is 38.0 Å². The summed E-state index contributed by atoms with van der Waals surface area (Å²) in [5.74, 6) is 0.000675. The molecule has 28 heavy (non-hydrogen) atoms. The first-order valence-electron chi connectivity index (χ1n) is 10.3. The lowest BCUT2D eigenvalue weighted by Gasteiger charge is -2.35. The highest BCUT2D eigenvalue weighted by Gasteiger charge is 2.22. The van der Waals surface area contributed by atoms with Gasteiger partial charge in [0.05, 0.1) is 12.2 Å². The summed E-state index contributed by atoms with van der Waals surface area (Å²) in [4.78, 5) is 14.9. The molecule has 4 heteroatoms. The van der Waals surface area contributed by atoms with E-state index in [9.17, 15) is 4.79 Å². The summed E-state index contributed by atoms with van der Waals surface area (Å²) in [6.07, 6.45) is 2.44. The third-order valence-corrected chi connectivity index (χ3v) is 5.20. The zero-order valence-corrected chi connectivity index (χ0v) is 17.2. The quantitative estimate of drug-likeness (QED) is 0.788. The third-order valence-electron chi connectivity index (χ3n) is 5.20. The Kier molecular flexibility index (Phi) is 7.24. The normalized spacial score (nSPS) is 21.2. The molecule has 0 aromatic heterocycles. The molecule has 0 saturated carbocycles. The Labute approximate surface area is 168 Å². The van der Waals surface area contributed by atoms with Crippen LogP contribution in [-0.2, 0) is 17.7 Å². The molecule has 3 rings (SSSR count). The SMILES string of the molecule is CC(CCc1ccccc1)NC(=O)c1ccc(CN2CC(C)OC(C)C2)cc1. The minimum atomic E-state index is 0.000675. The fourth-order valence-corrected chi connectivity index (χ4v) is 3.84. The predicted molar refractivity (Wildman–Crippen MR) is 113 cm³/mol. The average Bonchev–Trinajstić information content (AvgIpc) is 2.67. The number of amides is 1. The number of nitrogens with zero attached hydrogens (tertiary/aromatic N) is 1. The van der Waals surface area contributed by atoms with Gasteiger partial charge in [0.15, 0.2) is 0 Å². The minimum absolute atomic E-state index is 0.000675. The molecule has 1 N–H and O–H groups in total. The first kappa shape index (κ1) is 20.6. The van der Waals surface area contributed by atoms with Gasteiger partial charge in [-0.2, -0.15) is 0 Å². The molecule has 3 atom stereocenters. The fraction of sp³-hybridized carbons (Fsp3) is 0.458. The summed E-state index contributed by atoms with van der Waals surface area (Å²) in [7, 11) is 0. The average molecular weight is 381 g/mol. The van der Waals surface area contributed by atoms with Gasteiger partial charge in [0.25, 0.3) is 5.91 Å². The maximum Gasteiger partial charge on any atom is 0.251 e. The predicted octanol–water partition coefficient (Wildman–Crippen LogP) is 4.05. The topological polar surface area (TPSA) is 41.6 Å². The molecule has 0 radical (unpaired) electrons. The molecule has 2 aromatic carbocycles. The second kappa shape index (κ2) is 9.85. The molecule has 0 aliphatic carbocycles. The van der Waals surface area contributed by atoms with Crippen molar-refractivity contribution in [3.63, 3.8) is 0 Å². The highest BCUT2D eigenvalue weighted by Crippen LogP contribution is 2.15. The molecule has 1 aliphatic heterocycles. The molecule has 0 bridgehead atoms. The van der Waals surface area contributed by atoms with E-state index in [1.807, 2.05) is 18.2 Å². The molecular weight excluding hydrogens is 348 g/mol. The lowest BCUT2D eigenvalue weighted by molar-refractivity contribution is -0.0704. The Morgan fingerprint density at radius 2 is 1.68 bits per heavy atom. The van der Waals surface area contributed by atoms with E-state index in [0.29, 0.717) is 0 Å². The van der Waals surface area contributed by atoms with Crippen LogP contribution < -0.4 is 5.32 Å². The second-order valence-corrected chi connectivity index (χ2v) is 8.05. The number of ether oxygens (including phenoxy) is 1. The summed E-state index contributed by atoms with van der Waals surface area (Å²) in [5, 5.41) is 3.11. The molecule has 2 aromatic rings. The summed E-state index contributed by atoms with van der Waals surface area (Å²) < 4.78 is 5.80. The Balaban J connectivity index is 1.47. The lowest BCUT2D eigenvalue weighted by Crippen LogP contribution is -2.44. The highest BCUT2D eigenvalue weighted by atomic mass is 16.5. The molecule has 4 nitrogen and oxygen atoms in total. The van der Waals surface area contributed by atoms with E-state index < -0.39 is 0 Å². The number of morpholine rings is 1. The van der Waals surface area contributed by atoms with Crippen LogP contribution in [0.4, 0.5) is 0 Å². The van der Waals surface area contributed by atoms with Crippen LogP contribution >= 0.6 is 0 Å². The molecule has 1 fully saturated rings. The van der Waals surface area contributed by atoms with E-state index in [1.165, 1.54) is 11.1 Å². The van der Waals surface area contributed by atoms with Crippen LogP contribution in [0.25, 0.3) is 0 Å². The van der Waals surface area contributed by atoms with E-state index in [2.05, 4.69) is 67.4 Å². The van der Waals surface area contributed by atoms with E-state index >= 15 is 0 Å². The van der Waals surface area contributed by atoms with Crippen LogP contribution in [0.15, 0.2) is 54.6 Å². The summed E-state index contributed by atoms with van der Waals surface area (Å²) in [5.41, 5.74) is 3.26. The van der Waals surface area contributed by atoms with Gasteiger partial charge in [0, 0.05) is 31.2 Å². The molecule has 1 saturated heterocycles. The zero-order valence-electron chi connectivity index (χ0n) is 17.2. The van der Waals surface area contributed by atoms with Gasteiger partial charge in [-0.25, -0.2) is 0 Å². The van der Waals surface area contributed by atoms with Crippen LogP contribution in [0.3, 0.4) is 0 Å². The van der Waals surface area contributed by atoms with Crippen molar-refractivity contribution in [1.29, 1.82) is 0 Å². The number of hydrogen-bond acceptors (Lipinski definition) is 3. The number of benzene rings is 2. The van der Waals surface area contributed by atoms with Crippen molar-refractivity contribution in [1.82, 2.24) is 10.2 Å². The standard InChI is InChI=1S/C24H32N2O2/c1-18(9-10-21-7-5-4-6-8-21)25-24(27)23-13-11-22(12-14-23)17-26-15-19(2)28-20(3)16-26/h4-8,11-14,18-20H,9-10,15-17H2,1-3H3,(H,25,27). The maximum atomic E-state index is 12.5. The Morgan fingerprint density at radius 1 is 1.04 bits per heavy atom. The third kappa shape index (κ3) is 6.18. The molecule has 0 spiro atoms. The zero-order chi connectivity index (χ0) is 19.9. The second-order valence-electron chi connectivity index (χ2n) is 8.05. The number of nitrogens with one attached hydrogen (secondary N) is 1. The van der Waals surface area contributed by atoms with Crippen LogP contribution in [0.1, 0.15) is 48.7 Å². The first-order chi connectivity index (χ1) is 13.5. The van der Waals surface area contributed by atoms with Crippen LogP contribution in [0.2, 0.25) is 0 Å². The van der Waals surface area contributed by atoms with Crippen molar-refractivity contribution in [2.24, 2.45) is 0 Å². The number of hydrogen-bond donors (Lipinski definition) is 1. The van der Waals surface area contributed by atoms with Gasteiger partial charge in [-0.1, -0.05) is 42.5 Å². The van der Waals surface area contributed by atoms with E-state index in [1.54, 1.807) is 0 Å². The monoisotopic (exact) mass is 380 g/mol. The van der Waals surface area contributed by atoms with Crippen molar-refractivity contribution in [3.8, 4) is 0 Å². The molecular formula is C24H32N2O2. The Morgan fingerprint density at radius 3 is 2.32 bits per heavy atom. The van der Waals surface area contributed by atoms with Crippen LogP contribution in [0, 0.1) is 0 Å². The van der Waals surface area contributed by atoms with Gasteiger partial charge in [0.1, 0.15) is 0 Å². The molecule has 1 heterocycles. The smallest absolute Gasteiger partial charge is 0.251 e. The number of carbonyl (C=O) groups is 1. The summed E-state index contributed by atoms with van der Waals surface area (Å²) in [6.45, 7) is 9.10. The molecule has 150 valence electrons. The number of rotatable bonds is 7. The molecule has 1 amide bonds. The van der Waals surface area contributed by atoms with Gasteiger partial charge < -0.3 is 10.1 Å². The summed E-state index contributed by atoms with van der Waals surface area (Å²) >= 11 is 0. The maximum absolute atomic E-state index is 12.5. The van der Waals surface area contributed by atoms with Crippen molar-refractivity contribution >= 4 is 5.91 Å². The van der Waals surface area contributed by atoms with Crippen molar-refractivity contribution in [2.75, 3.05) is 13.1 Å². The van der Waals surface area contributed by atoms with Crippen molar-refractivity contribution in [2.45, 2.75) is 58.4 Å². The fourth-order valence-electron chi connectivity index (χ4n) is 3.84. The van der Waals surface area contributed by atoms with Gasteiger partial charge in [-0.15, -0.1) is 0 Å². The van der Waals surface area contributed by atoms with Gasteiger partial charge in [-0.05, 0) is 56.9 Å². The Bertz CT molecular complexity index is 735. The molecule has 1 aliphatic rings. The number of carbonyl (C=O) groups excluding carboxylic acids is 1. The lowest BCUT2D eigenvalue weighted by atomic mass is 10.1. The van der Waals surface area contributed by atoms with Crippen molar-refractivity contribution in [3.05, 3.63) is 71.3 Å². The van der Waals surface area contributed by atoms with Crippen molar-refractivity contribution < 1.29 is 9.53 Å². The van der Waals surface area contributed by atoms with Crippen LogP contribution in [-0.4, -0.2) is 42.1 Å². The van der Waals surface area contributed by atoms with Crippen LogP contribution in [0.5, 0.6) is 0 Å². The van der Waals surface area contributed by atoms with Gasteiger partial charge in [-0.3, -0.25) is 9.69 Å². The van der Waals surface area contributed by atoms with E-state index in [-0.39, 0.29) is 24.2 Å². The minimum Gasteiger partial charge on any atom is -0.373 e. The molecule has 3 unspecified atom stereocenters. The van der Waals surface area contributed by atoms with Gasteiger partial charge in [0.2, 0.25) is 0 Å². The van der Waals surface area contributed by atoms with Gasteiger partial charge >= 0.3 is 0 Å². The highest BCUT2D eigenvalue weighted by molar-refractivity contribution is 5.94. The first-order valence-corrected chi connectivity index (χ1v) is 10.3.